The molecule has 0 spiro atoms. The minimum absolute atomic E-state index is 0.0476. The van der Waals surface area contributed by atoms with Gasteiger partial charge in [0.15, 0.2) is 0 Å². The molecule has 2 fully saturated rings. The van der Waals surface area contributed by atoms with Crippen LogP contribution in [0.1, 0.15) is 57.1 Å². The number of aryl methyl sites for hydroxylation is 1. The number of hydrogen-bond acceptors (Lipinski definition) is 7. The highest BCUT2D eigenvalue weighted by molar-refractivity contribution is 5.92. The van der Waals surface area contributed by atoms with Gasteiger partial charge in [0.05, 0.1) is 12.6 Å². The fourth-order valence-electron chi connectivity index (χ4n) is 5.13. The van der Waals surface area contributed by atoms with Crippen LogP contribution in [0.4, 0.5) is 0 Å². The van der Waals surface area contributed by atoms with Crippen LogP contribution in [0.5, 0.6) is 0 Å². The summed E-state index contributed by atoms with van der Waals surface area (Å²) in [6, 6.07) is 18.2. The van der Waals surface area contributed by atoms with E-state index in [0.717, 1.165) is 51.0 Å². The lowest BCUT2D eigenvalue weighted by atomic mass is 10.0. The first kappa shape index (κ1) is 41.2. The van der Waals surface area contributed by atoms with Crippen molar-refractivity contribution < 1.29 is 33.9 Å². The lowest BCUT2D eigenvalue weighted by molar-refractivity contribution is -0.134. The van der Waals surface area contributed by atoms with Crippen LogP contribution < -0.4 is 22.1 Å². The summed E-state index contributed by atoms with van der Waals surface area (Å²) < 4.78 is 0. The quantitative estimate of drug-likeness (QED) is 0.221. The Bertz CT molecular complexity index is 1230. The average molecular weight is 669 g/mol. The van der Waals surface area contributed by atoms with Gasteiger partial charge in [-0.25, -0.2) is 0 Å². The molecule has 13 heteroatoms. The molecule has 2 aliphatic heterocycles. The number of rotatable bonds is 11. The number of carbonyl (C=O) groups excluding carboxylic acids is 5. The predicted octanol–water partition coefficient (Wildman–Crippen LogP) is 1.48. The maximum atomic E-state index is 12.5. The molecule has 2 aromatic rings. The second-order valence-electron chi connectivity index (χ2n) is 11.6. The van der Waals surface area contributed by atoms with Crippen molar-refractivity contribution in [1.29, 1.82) is 0 Å². The van der Waals surface area contributed by atoms with E-state index in [0.29, 0.717) is 18.7 Å². The maximum absolute atomic E-state index is 12.5. The normalized spacial score (nSPS) is 14.4. The van der Waals surface area contributed by atoms with Crippen molar-refractivity contribution in [1.82, 2.24) is 20.4 Å². The zero-order chi connectivity index (χ0) is 35.7. The van der Waals surface area contributed by atoms with Crippen LogP contribution in [-0.4, -0.2) is 96.2 Å². The van der Waals surface area contributed by atoms with Crippen LogP contribution >= 0.6 is 0 Å². The fourth-order valence-corrected chi connectivity index (χ4v) is 5.13. The Kier molecular flexibility index (Phi) is 21.0. The first-order valence-corrected chi connectivity index (χ1v) is 16.3. The third-order valence-corrected chi connectivity index (χ3v) is 7.68. The molecule has 48 heavy (non-hydrogen) atoms. The molecule has 2 heterocycles. The summed E-state index contributed by atoms with van der Waals surface area (Å²) in [5, 5.41) is 12.3. The molecule has 2 unspecified atom stereocenters. The smallest absolute Gasteiger partial charge is 0.290 e. The van der Waals surface area contributed by atoms with E-state index in [1.807, 2.05) is 67.3 Å². The highest BCUT2D eigenvalue weighted by Crippen LogP contribution is 2.11. The molecule has 0 aromatic heterocycles. The Hall–Kier alpha value is -4.78. The van der Waals surface area contributed by atoms with Gasteiger partial charge >= 0.3 is 0 Å². The molecule has 4 rings (SSSR count). The van der Waals surface area contributed by atoms with E-state index in [1.54, 1.807) is 4.90 Å². The first-order chi connectivity index (χ1) is 23.1. The van der Waals surface area contributed by atoms with Gasteiger partial charge in [-0.1, -0.05) is 74.5 Å². The zero-order valence-corrected chi connectivity index (χ0v) is 28.1. The average Bonchev–Trinajstić information content (AvgIpc) is 3.83. The minimum Gasteiger partial charge on any atom is -0.483 e. The summed E-state index contributed by atoms with van der Waals surface area (Å²) in [5.41, 5.74) is 12.4. The summed E-state index contributed by atoms with van der Waals surface area (Å²) in [4.78, 5) is 69.4. The number of benzene rings is 2. The van der Waals surface area contributed by atoms with E-state index in [1.165, 1.54) is 18.4 Å². The van der Waals surface area contributed by atoms with Gasteiger partial charge in [-0.3, -0.25) is 28.8 Å². The monoisotopic (exact) mass is 668 g/mol. The van der Waals surface area contributed by atoms with Crippen molar-refractivity contribution in [2.75, 3.05) is 32.7 Å². The summed E-state index contributed by atoms with van der Waals surface area (Å²) in [6.45, 7) is 6.81. The Labute approximate surface area is 283 Å². The number of hydrogen-bond donors (Lipinski definition) is 5. The van der Waals surface area contributed by atoms with E-state index >= 15 is 0 Å². The number of amides is 5. The summed E-state index contributed by atoms with van der Waals surface area (Å²) in [6.07, 6.45) is 6.54. The number of nitrogens with one attached hydrogen (secondary N) is 2. The third-order valence-electron chi connectivity index (χ3n) is 7.68. The van der Waals surface area contributed by atoms with Crippen LogP contribution in [0.15, 0.2) is 60.7 Å². The van der Waals surface area contributed by atoms with Gasteiger partial charge in [0.1, 0.15) is 6.04 Å². The SMILES string of the molecule is CC(C)C(NC(=O)C(N)Cc1ccccc1)C(=O)NCC(=O)N1CCCC1.NC=O.O=C(CCc1ccccc1)N1CCCC1.O=CO. The van der Waals surface area contributed by atoms with Crippen molar-refractivity contribution in [3.05, 3.63) is 71.8 Å². The molecule has 0 aliphatic carbocycles. The maximum Gasteiger partial charge on any atom is 0.290 e. The van der Waals surface area contributed by atoms with Crippen molar-refractivity contribution >= 4 is 36.5 Å². The van der Waals surface area contributed by atoms with Gasteiger partial charge in [-0.2, -0.15) is 0 Å². The Morgan fingerprint density at radius 3 is 1.69 bits per heavy atom. The molecular weight excluding hydrogens is 616 g/mol. The van der Waals surface area contributed by atoms with Crippen LogP contribution in [0.2, 0.25) is 0 Å². The number of carbonyl (C=O) groups is 6. The van der Waals surface area contributed by atoms with Gasteiger partial charge in [-0.15, -0.1) is 0 Å². The van der Waals surface area contributed by atoms with Crippen LogP contribution in [0, 0.1) is 5.92 Å². The molecule has 0 radical (unpaired) electrons. The molecule has 2 atom stereocenters. The van der Waals surface area contributed by atoms with Crippen molar-refractivity contribution in [2.45, 2.75) is 70.9 Å². The molecule has 0 bridgehead atoms. The first-order valence-electron chi connectivity index (χ1n) is 16.3. The number of likely N-dealkylation sites (tertiary alicyclic amines) is 2. The highest BCUT2D eigenvalue weighted by atomic mass is 16.3. The minimum atomic E-state index is -0.743. The number of nitrogens with two attached hydrogens (primary N) is 2. The van der Waals surface area contributed by atoms with E-state index in [4.69, 9.17) is 20.4 Å². The second kappa shape index (κ2) is 24.4. The second-order valence-corrected chi connectivity index (χ2v) is 11.6. The standard InChI is InChI=1S/C20H30N4O3.C13H17NO.CH3NO.CH2O2/c1-14(2)18(20(27)22-13-17(25)24-10-6-7-11-24)23-19(26)16(21)12-15-8-4-3-5-9-15;15-13(14-10-4-5-11-14)9-8-12-6-2-1-3-7-12;2*2-1-3/h3-5,8-9,14,16,18H,6-7,10-13,21H2,1-2H3,(H,22,27)(H,23,26);1-3,6-7H,4-5,8-11H2;1H,(H2,2,3);1H,(H,2,3). The molecular formula is C35H52N6O7. The van der Waals surface area contributed by atoms with Gasteiger partial charge in [0.25, 0.3) is 6.47 Å². The van der Waals surface area contributed by atoms with E-state index < -0.39 is 12.1 Å². The Morgan fingerprint density at radius 2 is 1.23 bits per heavy atom. The van der Waals surface area contributed by atoms with E-state index in [2.05, 4.69) is 28.5 Å². The van der Waals surface area contributed by atoms with Crippen LogP contribution in [-0.2, 0) is 41.6 Å². The number of nitrogens with zero attached hydrogens (tertiary/aromatic N) is 2. The van der Waals surface area contributed by atoms with Crippen molar-refractivity contribution in [3.63, 3.8) is 0 Å². The lowest BCUT2D eigenvalue weighted by Gasteiger charge is -2.24. The Balaban J connectivity index is 0.000000458. The molecule has 5 amide bonds. The molecule has 7 N–H and O–H groups in total. The highest BCUT2D eigenvalue weighted by Gasteiger charge is 2.27. The van der Waals surface area contributed by atoms with Crippen molar-refractivity contribution in [3.8, 4) is 0 Å². The molecule has 2 aromatic carbocycles. The summed E-state index contributed by atoms with van der Waals surface area (Å²) >= 11 is 0. The van der Waals surface area contributed by atoms with Gasteiger partial charge in [0, 0.05) is 32.6 Å². The third kappa shape index (κ3) is 16.7. The molecule has 264 valence electrons. The Morgan fingerprint density at radius 1 is 0.792 bits per heavy atom. The largest absolute Gasteiger partial charge is 0.483 e. The topological polar surface area (TPSA) is 205 Å². The van der Waals surface area contributed by atoms with Crippen molar-refractivity contribution in [2.24, 2.45) is 17.4 Å². The van der Waals surface area contributed by atoms with Gasteiger partial charge in [-0.05, 0) is 55.6 Å². The molecule has 2 aliphatic rings. The zero-order valence-electron chi connectivity index (χ0n) is 28.1. The molecule has 13 nitrogen and oxygen atoms in total. The van der Waals surface area contributed by atoms with E-state index in [9.17, 15) is 19.2 Å². The predicted molar refractivity (Wildman–Crippen MR) is 183 cm³/mol. The van der Waals surface area contributed by atoms with Crippen LogP contribution in [0.3, 0.4) is 0 Å². The summed E-state index contributed by atoms with van der Waals surface area (Å²) in [7, 11) is 0. The number of primary amides is 1. The molecule has 0 saturated carbocycles. The van der Waals surface area contributed by atoms with Crippen LogP contribution in [0.25, 0.3) is 0 Å². The fraction of sp³-hybridized carbons (Fsp3) is 0.486. The van der Waals surface area contributed by atoms with E-state index in [-0.39, 0.29) is 43.1 Å². The molecule has 2 saturated heterocycles. The summed E-state index contributed by atoms with van der Waals surface area (Å²) in [5.74, 6) is -0.636. The van der Waals surface area contributed by atoms with Gasteiger partial charge < -0.3 is 37.0 Å². The lowest BCUT2D eigenvalue weighted by Crippen LogP contribution is -2.55. The van der Waals surface area contributed by atoms with Gasteiger partial charge in [0.2, 0.25) is 30.0 Å². The number of carboxylic acid groups (broad SMARTS) is 1.